The third-order valence-electron chi connectivity index (χ3n) is 5.83. The highest BCUT2D eigenvalue weighted by atomic mass is 16.5. The number of likely N-dealkylation sites (tertiary alicyclic amines) is 1. The van der Waals surface area contributed by atoms with Crippen LogP contribution in [0.4, 0.5) is 0 Å². The number of ether oxygens (including phenoxy) is 1. The van der Waals surface area contributed by atoms with E-state index in [2.05, 4.69) is 10.9 Å². The van der Waals surface area contributed by atoms with E-state index in [0.29, 0.717) is 31.8 Å². The van der Waals surface area contributed by atoms with Gasteiger partial charge >= 0.3 is 0 Å². The highest BCUT2D eigenvalue weighted by Gasteiger charge is 2.31. The number of carbonyl (C=O) groups is 2. The highest BCUT2D eigenvalue weighted by Crippen LogP contribution is 2.21. The van der Waals surface area contributed by atoms with Gasteiger partial charge in [-0.2, -0.15) is 0 Å². The Hall–Kier alpha value is -2.12. The Bertz CT molecular complexity index is 658. The summed E-state index contributed by atoms with van der Waals surface area (Å²) in [6.45, 7) is 3.87. The Labute approximate surface area is 167 Å². The van der Waals surface area contributed by atoms with Crippen LogP contribution in [0.15, 0.2) is 24.3 Å². The fourth-order valence-electron chi connectivity index (χ4n) is 3.90. The van der Waals surface area contributed by atoms with Gasteiger partial charge in [-0.3, -0.25) is 20.4 Å². The number of nitrogens with zero attached hydrogens (tertiary/aromatic N) is 2. The van der Waals surface area contributed by atoms with Crippen molar-refractivity contribution in [2.24, 2.45) is 11.8 Å². The lowest BCUT2D eigenvalue weighted by Gasteiger charge is -2.34. The van der Waals surface area contributed by atoms with E-state index in [1.165, 1.54) is 0 Å². The normalized spacial score (nSPS) is 20.4. The van der Waals surface area contributed by atoms with Crippen LogP contribution in [0, 0.1) is 11.8 Å². The summed E-state index contributed by atoms with van der Waals surface area (Å²) in [4.78, 5) is 28.9. The lowest BCUT2D eigenvalue weighted by molar-refractivity contribution is -0.142. The molecular formula is C21H32N4O3. The molecule has 7 heteroatoms. The molecular weight excluding hydrogens is 356 g/mol. The van der Waals surface area contributed by atoms with Crippen molar-refractivity contribution in [1.29, 1.82) is 0 Å². The van der Waals surface area contributed by atoms with Crippen molar-refractivity contribution in [2.45, 2.75) is 25.7 Å². The predicted molar refractivity (Wildman–Crippen MR) is 108 cm³/mol. The fraction of sp³-hybridized carbons (Fsp3) is 0.619. The Morgan fingerprint density at radius 2 is 1.96 bits per heavy atom. The van der Waals surface area contributed by atoms with E-state index >= 15 is 0 Å². The molecule has 1 atom stereocenters. The van der Waals surface area contributed by atoms with Crippen LogP contribution >= 0.6 is 0 Å². The molecule has 3 rings (SSSR count). The van der Waals surface area contributed by atoms with Crippen LogP contribution in [-0.2, 0) is 16.0 Å². The summed E-state index contributed by atoms with van der Waals surface area (Å²) >= 11 is 0. The van der Waals surface area contributed by atoms with Crippen LogP contribution in [0.2, 0.25) is 0 Å². The molecule has 1 unspecified atom stereocenters. The van der Waals surface area contributed by atoms with Gasteiger partial charge in [-0.1, -0.05) is 12.1 Å². The van der Waals surface area contributed by atoms with Gasteiger partial charge in [-0.25, -0.2) is 0 Å². The molecule has 0 aromatic heterocycles. The van der Waals surface area contributed by atoms with E-state index in [9.17, 15) is 9.59 Å². The smallest absolute Gasteiger partial charge is 0.227 e. The van der Waals surface area contributed by atoms with Gasteiger partial charge in [-0.15, -0.1) is 0 Å². The van der Waals surface area contributed by atoms with Gasteiger partial charge in [-0.05, 0) is 42.9 Å². The van der Waals surface area contributed by atoms with Crippen LogP contribution in [-0.4, -0.2) is 68.5 Å². The quantitative estimate of drug-likeness (QED) is 0.696. The summed E-state index contributed by atoms with van der Waals surface area (Å²) in [7, 11) is 3.54. The van der Waals surface area contributed by atoms with Crippen molar-refractivity contribution in [3.05, 3.63) is 29.8 Å². The van der Waals surface area contributed by atoms with Crippen molar-refractivity contribution >= 4 is 11.8 Å². The van der Waals surface area contributed by atoms with Crippen LogP contribution in [0.25, 0.3) is 0 Å². The molecule has 1 aromatic rings. The number of benzene rings is 1. The van der Waals surface area contributed by atoms with Gasteiger partial charge in [0.25, 0.3) is 0 Å². The standard InChI is InChI=1S/C21H32N4O3/c1-24(11-9-17-13-22-23-14-17)21(27)18-5-8-20(26)25(15-18)12-10-16-3-6-19(28-2)7-4-16/h3-4,6-7,17-18,22-23H,5,8-15H2,1-2H3. The minimum absolute atomic E-state index is 0.0848. The number of amides is 2. The molecule has 0 aliphatic carbocycles. The maximum Gasteiger partial charge on any atom is 0.227 e. The summed E-state index contributed by atoms with van der Waals surface area (Å²) in [6, 6.07) is 7.92. The minimum atomic E-state index is -0.0848. The average molecular weight is 389 g/mol. The molecule has 2 fully saturated rings. The second kappa shape index (κ2) is 9.89. The van der Waals surface area contributed by atoms with Gasteiger partial charge in [0.15, 0.2) is 0 Å². The first-order valence-electron chi connectivity index (χ1n) is 10.2. The van der Waals surface area contributed by atoms with E-state index in [0.717, 1.165) is 43.8 Å². The summed E-state index contributed by atoms with van der Waals surface area (Å²) in [5.41, 5.74) is 7.42. The third kappa shape index (κ3) is 5.45. The van der Waals surface area contributed by atoms with Gasteiger partial charge in [0.05, 0.1) is 13.0 Å². The summed E-state index contributed by atoms with van der Waals surface area (Å²) < 4.78 is 5.18. The number of carbonyl (C=O) groups excluding carboxylic acids is 2. The molecule has 154 valence electrons. The van der Waals surface area contributed by atoms with Crippen LogP contribution in [0.3, 0.4) is 0 Å². The first-order chi connectivity index (χ1) is 13.6. The number of hydrogen-bond donors (Lipinski definition) is 2. The Kier molecular flexibility index (Phi) is 7.28. The molecule has 2 aliphatic rings. The van der Waals surface area contributed by atoms with Gasteiger partial charge in [0.1, 0.15) is 5.75 Å². The Balaban J connectivity index is 1.48. The van der Waals surface area contributed by atoms with Crippen molar-refractivity contribution in [2.75, 3.05) is 46.9 Å². The third-order valence-corrected chi connectivity index (χ3v) is 5.83. The molecule has 28 heavy (non-hydrogen) atoms. The molecule has 0 spiro atoms. The summed E-state index contributed by atoms with van der Waals surface area (Å²) in [5, 5.41) is 0. The monoisotopic (exact) mass is 388 g/mol. The zero-order chi connectivity index (χ0) is 19.9. The van der Waals surface area contributed by atoms with Crippen molar-refractivity contribution in [3.63, 3.8) is 0 Å². The molecule has 2 saturated heterocycles. The number of nitrogens with one attached hydrogen (secondary N) is 2. The first kappa shape index (κ1) is 20.6. The number of rotatable bonds is 8. The average Bonchev–Trinajstić information content (AvgIpc) is 3.25. The topological polar surface area (TPSA) is 73.9 Å². The van der Waals surface area contributed by atoms with Crippen molar-refractivity contribution < 1.29 is 14.3 Å². The van der Waals surface area contributed by atoms with Crippen molar-refractivity contribution in [1.82, 2.24) is 20.7 Å². The SMILES string of the molecule is COc1ccc(CCN2CC(C(=O)N(C)CCC3CNNC3)CCC2=O)cc1. The van der Waals surface area contributed by atoms with Gasteiger partial charge < -0.3 is 14.5 Å². The van der Waals surface area contributed by atoms with E-state index in [1.807, 2.05) is 41.1 Å². The first-order valence-corrected chi connectivity index (χ1v) is 10.2. The van der Waals surface area contributed by atoms with E-state index in [1.54, 1.807) is 7.11 Å². The largest absolute Gasteiger partial charge is 0.497 e. The lowest BCUT2D eigenvalue weighted by Crippen LogP contribution is -2.47. The zero-order valence-electron chi connectivity index (χ0n) is 16.9. The second-order valence-corrected chi connectivity index (χ2v) is 7.85. The van der Waals surface area contributed by atoms with Crippen LogP contribution in [0.1, 0.15) is 24.8 Å². The van der Waals surface area contributed by atoms with Crippen molar-refractivity contribution in [3.8, 4) is 5.75 Å². The van der Waals surface area contributed by atoms with E-state index in [4.69, 9.17) is 4.74 Å². The predicted octanol–water partition coefficient (Wildman–Crippen LogP) is 1.05. The number of hydrazine groups is 1. The maximum atomic E-state index is 12.8. The summed E-state index contributed by atoms with van der Waals surface area (Å²) in [5.74, 6) is 1.64. The Morgan fingerprint density at radius 3 is 2.64 bits per heavy atom. The van der Waals surface area contributed by atoms with E-state index in [-0.39, 0.29) is 17.7 Å². The van der Waals surface area contributed by atoms with E-state index < -0.39 is 0 Å². The number of methoxy groups -OCH3 is 1. The lowest BCUT2D eigenvalue weighted by atomic mass is 9.95. The van der Waals surface area contributed by atoms with Crippen LogP contribution < -0.4 is 15.6 Å². The van der Waals surface area contributed by atoms with Gasteiger partial charge in [0.2, 0.25) is 11.8 Å². The highest BCUT2D eigenvalue weighted by molar-refractivity contribution is 5.83. The zero-order valence-corrected chi connectivity index (χ0v) is 16.9. The fourth-order valence-corrected chi connectivity index (χ4v) is 3.90. The molecule has 0 bridgehead atoms. The number of piperidine rings is 1. The molecule has 2 aliphatic heterocycles. The second-order valence-electron chi connectivity index (χ2n) is 7.85. The molecule has 2 heterocycles. The molecule has 7 nitrogen and oxygen atoms in total. The van der Waals surface area contributed by atoms with Gasteiger partial charge in [0, 0.05) is 46.2 Å². The van der Waals surface area contributed by atoms with Crippen LogP contribution in [0.5, 0.6) is 5.75 Å². The minimum Gasteiger partial charge on any atom is -0.497 e. The molecule has 1 aromatic carbocycles. The maximum absolute atomic E-state index is 12.8. The molecule has 2 amide bonds. The molecule has 0 saturated carbocycles. The molecule has 0 radical (unpaired) electrons. The summed E-state index contributed by atoms with van der Waals surface area (Å²) in [6.07, 6.45) is 2.90. The number of hydrogen-bond acceptors (Lipinski definition) is 5. The molecule has 2 N–H and O–H groups in total. The Morgan fingerprint density at radius 1 is 1.25 bits per heavy atom.